The number of hydrogen-bond acceptors (Lipinski definition) is 3. The molecule has 0 aliphatic rings. The molecule has 1 rings (SSSR count). The first kappa shape index (κ1) is 15.9. The highest BCUT2D eigenvalue weighted by Crippen LogP contribution is 2.33. The highest BCUT2D eigenvalue weighted by atomic mass is 28.4. The van der Waals surface area contributed by atoms with E-state index < -0.39 is 37.5 Å². The Morgan fingerprint density at radius 1 is 1.00 bits per heavy atom. The maximum atomic E-state index is 13.8. The molecule has 0 atom stereocenters. The summed E-state index contributed by atoms with van der Waals surface area (Å²) in [5, 5.41) is 0. The monoisotopic (exact) mass is 302 g/mol. The maximum absolute atomic E-state index is 13.8. The lowest BCUT2D eigenvalue weighted by Gasteiger charge is -2.30. The van der Waals surface area contributed by atoms with Crippen LogP contribution in [-0.4, -0.2) is 28.5 Å². The van der Waals surface area contributed by atoms with Crippen LogP contribution in [0.3, 0.4) is 0 Å². The average Bonchev–Trinajstić information content (AvgIpc) is 2.38. The maximum Gasteiger partial charge on any atom is 0.466 e. The molecule has 0 saturated heterocycles. The molecule has 9 heteroatoms. The molecule has 19 heavy (non-hydrogen) atoms. The molecule has 0 aliphatic carbocycles. The molecule has 0 bridgehead atoms. The van der Waals surface area contributed by atoms with Gasteiger partial charge in [-0.1, -0.05) is 0 Å². The van der Waals surface area contributed by atoms with Crippen LogP contribution in [0.5, 0.6) is 5.75 Å². The molecule has 0 fully saturated rings. The predicted molar refractivity (Wildman–Crippen MR) is 57.5 cm³/mol. The smallest absolute Gasteiger partial charge is 0.429 e. The fourth-order valence-electron chi connectivity index (χ4n) is 1.14. The molecule has 0 spiro atoms. The van der Waals surface area contributed by atoms with Crippen LogP contribution in [0.2, 0.25) is 6.55 Å². The quantitative estimate of drug-likeness (QED) is 0.475. The van der Waals surface area contributed by atoms with Crippen molar-refractivity contribution in [2.75, 3.05) is 14.2 Å². The highest BCUT2D eigenvalue weighted by Gasteiger charge is 2.60. The molecule has 0 N–H and O–H groups in total. The Labute approximate surface area is 107 Å². The lowest BCUT2D eigenvalue weighted by molar-refractivity contribution is -0.140. The fourth-order valence-corrected chi connectivity index (χ4v) is 2.08. The summed E-state index contributed by atoms with van der Waals surface area (Å²) < 4.78 is 79.6. The minimum Gasteiger partial charge on any atom is -0.429 e. The summed E-state index contributed by atoms with van der Waals surface area (Å²) in [7, 11) is -2.14. The molecule has 0 unspecified atom stereocenters. The molecule has 0 saturated carbocycles. The lowest BCUT2D eigenvalue weighted by atomic mass is 10.3. The number of rotatable bonds is 5. The zero-order chi connectivity index (χ0) is 14.8. The first-order valence-electron chi connectivity index (χ1n) is 4.99. The van der Waals surface area contributed by atoms with E-state index in [-0.39, 0.29) is 0 Å². The second-order valence-corrected chi connectivity index (χ2v) is 6.94. The van der Waals surface area contributed by atoms with Crippen molar-refractivity contribution in [2.24, 2.45) is 0 Å². The van der Waals surface area contributed by atoms with Gasteiger partial charge in [-0.15, -0.1) is 0 Å². The van der Waals surface area contributed by atoms with Gasteiger partial charge < -0.3 is 13.6 Å². The van der Waals surface area contributed by atoms with Crippen LogP contribution in [0.15, 0.2) is 12.1 Å². The van der Waals surface area contributed by atoms with Gasteiger partial charge in [0.25, 0.3) is 0 Å². The van der Waals surface area contributed by atoms with Crippen LogP contribution in [0.4, 0.5) is 22.0 Å². The van der Waals surface area contributed by atoms with Crippen LogP contribution < -0.4 is 4.74 Å². The van der Waals surface area contributed by atoms with Crippen LogP contribution in [0, 0.1) is 17.5 Å². The third kappa shape index (κ3) is 2.87. The van der Waals surface area contributed by atoms with Crippen LogP contribution in [0.1, 0.15) is 0 Å². The normalized spacial score (nSPS) is 12.6. The van der Waals surface area contributed by atoms with E-state index in [1.54, 1.807) is 0 Å². The Bertz CT molecular complexity index is 465. The van der Waals surface area contributed by atoms with E-state index in [0.29, 0.717) is 12.1 Å². The van der Waals surface area contributed by atoms with Crippen molar-refractivity contribution in [1.29, 1.82) is 0 Å². The van der Waals surface area contributed by atoms with Crippen molar-refractivity contribution in [3.8, 4) is 5.75 Å². The van der Waals surface area contributed by atoms with Gasteiger partial charge in [0.15, 0.2) is 17.4 Å². The number of hydrogen-bond donors (Lipinski definition) is 0. The molecule has 0 amide bonds. The van der Waals surface area contributed by atoms with Gasteiger partial charge >= 0.3 is 14.3 Å². The molecule has 108 valence electrons. The van der Waals surface area contributed by atoms with E-state index in [9.17, 15) is 22.0 Å². The lowest BCUT2D eigenvalue weighted by Crippen LogP contribution is -2.58. The molecular formula is C10H11F5O3Si. The van der Waals surface area contributed by atoms with Gasteiger partial charge in [-0.2, -0.15) is 13.2 Å². The van der Waals surface area contributed by atoms with Crippen molar-refractivity contribution >= 4 is 8.56 Å². The summed E-state index contributed by atoms with van der Waals surface area (Å²) in [4.78, 5) is 0. The fraction of sp³-hybridized carbons (Fsp3) is 0.400. The third-order valence-electron chi connectivity index (χ3n) is 2.55. The molecule has 0 aromatic heterocycles. The minimum atomic E-state index is -4.10. The van der Waals surface area contributed by atoms with Crippen molar-refractivity contribution in [1.82, 2.24) is 0 Å². The first-order chi connectivity index (χ1) is 8.68. The summed E-state index contributed by atoms with van der Waals surface area (Å²) in [6.45, 7) is 0.977. The Morgan fingerprint density at radius 2 is 1.53 bits per heavy atom. The number of halogens is 5. The van der Waals surface area contributed by atoms with Crippen LogP contribution >= 0.6 is 0 Å². The summed E-state index contributed by atoms with van der Waals surface area (Å²) in [6, 6.07) is 1.03. The minimum absolute atomic E-state index is 0.475. The van der Waals surface area contributed by atoms with Gasteiger partial charge in [-0.3, -0.25) is 0 Å². The molecule has 1 aromatic rings. The van der Waals surface area contributed by atoms with E-state index in [4.69, 9.17) is 0 Å². The number of ether oxygens (including phenoxy) is 1. The Hall–Kier alpha value is -1.19. The zero-order valence-electron chi connectivity index (χ0n) is 10.3. The van der Waals surface area contributed by atoms with Gasteiger partial charge in [0.1, 0.15) is 0 Å². The number of alkyl halides is 2. The summed E-state index contributed by atoms with van der Waals surface area (Å²) >= 11 is 0. The van der Waals surface area contributed by atoms with Crippen molar-refractivity contribution < 1.29 is 35.5 Å². The van der Waals surface area contributed by atoms with Gasteiger partial charge in [0.2, 0.25) is 5.82 Å². The van der Waals surface area contributed by atoms with E-state index in [1.165, 1.54) is 0 Å². The summed E-state index contributed by atoms with van der Waals surface area (Å²) in [5.74, 6) is -6.38. The van der Waals surface area contributed by atoms with Crippen molar-refractivity contribution in [2.45, 2.75) is 12.3 Å². The van der Waals surface area contributed by atoms with E-state index >= 15 is 0 Å². The Kier molecular flexibility index (Phi) is 4.53. The van der Waals surface area contributed by atoms with Gasteiger partial charge in [0, 0.05) is 14.2 Å². The topological polar surface area (TPSA) is 27.7 Å². The van der Waals surface area contributed by atoms with Crippen LogP contribution in [-0.2, 0) is 8.85 Å². The standard InChI is InChI=1S/C10H11F5O3Si/c1-16-19(3,17-2)10(14,15)18-7-5-4-6(11)8(12)9(7)13/h4-5H,1-3H3. The van der Waals surface area contributed by atoms with Gasteiger partial charge in [-0.25, -0.2) is 8.78 Å². The van der Waals surface area contributed by atoms with Crippen molar-refractivity contribution in [3.05, 3.63) is 29.6 Å². The first-order valence-corrected chi connectivity index (χ1v) is 7.31. The molecule has 0 aliphatic heterocycles. The largest absolute Gasteiger partial charge is 0.466 e. The third-order valence-corrected chi connectivity index (χ3v) is 5.26. The average molecular weight is 302 g/mol. The molecule has 3 nitrogen and oxygen atoms in total. The SMILES string of the molecule is CO[Si](C)(OC)C(F)(F)Oc1ccc(F)c(F)c1F. The molecule has 0 radical (unpaired) electrons. The van der Waals surface area contributed by atoms with E-state index in [0.717, 1.165) is 20.8 Å². The predicted octanol–water partition coefficient (Wildman–Crippen LogP) is 2.98. The zero-order valence-corrected chi connectivity index (χ0v) is 11.3. The molecule has 0 heterocycles. The second kappa shape index (κ2) is 5.43. The van der Waals surface area contributed by atoms with Crippen LogP contribution in [0.25, 0.3) is 0 Å². The summed E-state index contributed by atoms with van der Waals surface area (Å²) in [6.07, 6.45) is 0. The molecular weight excluding hydrogens is 291 g/mol. The van der Waals surface area contributed by atoms with E-state index in [1.807, 2.05) is 0 Å². The van der Waals surface area contributed by atoms with Gasteiger partial charge in [-0.05, 0) is 18.7 Å². The highest BCUT2D eigenvalue weighted by molar-refractivity contribution is 6.68. The van der Waals surface area contributed by atoms with E-state index in [2.05, 4.69) is 13.6 Å². The Balaban J connectivity index is 3.12. The number of benzene rings is 1. The molecule has 1 aromatic carbocycles. The Morgan fingerprint density at radius 3 is 2.00 bits per heavy atom. The summed E-state index contributed by atoms with van der Waals surface area (Å²) in [5.41, 5.74) is -4.00. The van der Waals surface area contributed by atoms with Crippen molar-refractivity contribution in [3.63, 3.8) is 0 Å². The second-order valence-electron chi connectivity index (χ2n) is 3.65. The van der Waals surface area contributed by atoms with Gasteiger partial charge in [0.05, 0.1) is 0 Å².